The molecule has 200 valence electrons. The molecule has 38 heavy (non-hydrogen) atoms. The maximum atomic E-state index is 14.1. The van der Waals surface area contributed by atoms with Crippen LogP contribution in [-0.2, 0) is 11.2 Å². The summed E-state index contributed by atoms with van der Waals surface area (Å²) in [7, 11) is 0. The van der Waals surface area contributed by atoms with E-state index in [9.17, 15) is 14.7 Å². The van der Waals surface area contributed by atoms with Crippen molar-refractivity contribution in [3.05, 3.63) is 71.9 Å². The van der Waals surface area contributed by atoms with Gasteiger partial charge in [-0.1, -0.05) is 48.5 Å². The van der Waals surface area contributed by atoms with Crippen molar-refractivity contribution in [2.24, 2.45) is 29.4 Å². The summed E-state index contributed by atoms with van der Waals surface area (Å²) in [6, 6.07) is 19.2. The molecule has 4 bridgehead atoms. The van der Waals surface area contributed by atoms with Gasteiger partial charge in [-0.05, 0) is 85.8 Å². The van der Waals surface area contributed by atoms with Crippen LogP contribution in [0.25, 0.3) is 10.9 Å². The molecule has 5 N–H and O–H groups in total. The number of aromatic amines is 1. The first-order valence-corrected chi connectivity index (χ1v) is 14.0. The number of nitrogens with one attached hydrogen (secondary N) is 2. The minimum absolute atomic E-state index is 0.136. The summed E-state index contributed by atoms with van der Waals surface area (Å²) in [6.45, 7) is 2.04. The number of carboxylic acid groups (broad SMARTS) is 1. The average molecular weight is 515 g/mol. The number of nitrogens with zero attached hydrogens (tertiary/aromatic N) is 1. The third kappa shape index (κ3) is 4.47. The Morgan fingerprint density at radius 1 is 1.03 bits per heavy atom. The first-order valence-electron chi connectivity index (χ1n) is 14.0. The smallest absolute Gasteiger partial charge is 0.408 e. The molecular formula is C31H38N4O3. The minimum atomic E-state index is -1.29. The number of H-pyrrole nitrogens is 1. The molecule has 7 heteroatoms. The highest BCUT2D eigenvalue weighted by Gasteiger charge is 2.56. The molecule has 7 rings (SSSR count). The van der Waals surface area contributed by atoms with Crippen molar-refractivity contribution in [1.82, 2.24) is 15.2 Å². The molecule has 1 aromatic heterocycles. The van der Waals surface area contributed by atoms with E-state index in [-0.39, 0.29) is 31.0 Å². The normalized spacial score (nSPS) is 28.1. The van der Waals surface area contributed by atoms with Crippen LogP contribution in [0.4, 0.5) is 4.79 Å². The highest BCUT2D eigenvalue weighted by Crippen LogP contribution is 2.56. The van der Waals surface area contributed by atoms with Crippen LogP contribution in [0, 0.1) is 23.7 Å². The Balaban J connectivity index is 1.33. The lowest BCUT2D eigenvalue weighted by atomic mass is 9.53. The molecule has 0 aliphatic heterocycles. The maximum absolute atomic E-state index is 14.1. The number of rotatable bonds is 8. The van der Waals surface area contributed by atoms with Crippen molar-refractivity contribution in [1.29, 1.82) is 0 Å². The Morgan fingerprint density at radius 2 is 1.66 bits per heavy atom. The Kier molecular flexibility index (Phi) is 6.42. The molecule has 4 aliphatic carbocycles. The zero-order chi connectivity index (χ0) is 26.4. The van der Waals surface area contributed by atoms with Gasteiger partial charge in [0.1, 0.15) is 5.54 Å². The predicted molar refractivity (Wildman–Crippen MR) is 147 cm³/mol. The van der Waals surface area contributed by atoms with Gasteiger partial charge in [-0.15, -0.1) is 0 Å². The fraction of sp³-hybridized carbons (Fsp3) is 0.484. The predicted octanol–water partition coefficient (Wildman–Crippen LogP) is 5.09. The first-order chi connectivity index (χ1) is 18.3. The van der Waals surface area contributed by atoms with Crippen LogP contribution in [-0.4, -0.2) is 45.1 Å². The number of carbonyl (C=O) groups excluding carboxylic acids is 1. The maximum Gasteiger partial charge on any atom is 0.408 e. The summed E-state index contributed by atoms with van der Waals surface area (Å²) < 4.78 is 0. The van der Waals surface area contributed by atoms with Gasteiger partial charge in [-0.25, -0.2) is 4.79 Å². The molecule has 2 unspecified atom stereocenters. The van der Waals surface area contributed by atoms with E-state index in [4.69, 9.17) is 5.73 Å². The van der Waals surface area contributed by atoms with Crippen molar-refractivity contribution in [2.45, 2.75) is 63.1 Å². The lowest BCUT2D eigenvalue weighted by molar-refractivity contribution is -0.140. The van der Waals surface area contributed by atoms with Crippen LogP contribution < -0.4 is 11.1 Å². The number of carbonyl (C=O) groups is 2. The van der Waals surface area contributed by atoms with Crippen LogP contribution in [0.3, 0.4) is 0 Å². The second-order valence-corrected chi connectivity index (χ2v) is 12.1. The molecule has 0 radical (unpaired) electrons. The number of hydrogen-bond donors (Lipinski definition) is 4. The van der Waals surface area contributed by atoms with Gasteiger partial charge in [-0.3, -0.25) is 9.69 Å². The van der Waals surface area contributed by atoms with E-state index in [1.807, 2.05) is 60.7 Å². The molecule has 4 fully saturated rings. The van der Waals surface area contributed by atoms with E-state index < -0.39 is 11.6 Å². The van der Waals surface area contributed by atoms with Gasteiger partial charge < -0.3 is 21.1 Å². The van der Waals surface area contributed by atoms with Crippen LogP contribution in [0.2, 0.25) is 0 Å². The zero-order valence-electron chi connectivity index (χ0n) is 22.0. The van der Waals surface area contributed by atoms with Crippen LogP contribution in [0.15, 0.2) is 60.7 Å². The SMILES string of the molecule is CC(Cc1cc2ccccc2[nH]1)(C(=O)NCC(N)c1ccccc1)N(C(=O)O)C1C2CC3CC(C2)CC1C3. The summed E-state index contributed by atoms with van der Waals surface area (Å²) in [5.41, 5.74) is 7.89. The fourth-order valence-electron chi connectivity index (χ4n) is 8.07. The zero-order valence-corrected chi connectivity index (χ0v) is 22.0. The van der Waals surface area contributed by atoms with Crippen molar-refractivity contribution in [2.75, 3.05) is 6.54 Å². The summed E-state index contributed by atoms with van der Waals surface area (Å²) in [5.74, 6) is 1.77. The largest absolute Gasteiger partial charge is 0.465 e. The van der Waals surface area contributed by atoms with E-state index >= 15 is 0 Å². The van der Waals surface area contributed by atoms with Crippen molar-refractivity contribution < 1.29 is 14.7 Å². The van der Waals surface area contributed by atoms with Gasteiger partial charge in [-0.2, -0.15) is 0 Å². The quantitative estimate of drug-likeness (QED) is 0.335. The highest BCUT2D eigenvalue weighted by atomic mass is 16.4. The molecule has 1 heterocycles. The Morgan fingerprint density at radius 3 is 2.29 bits per heavy atom. The van der Waals surface area contributed by atoms with E-state index in [0.29, 0.717) is 23.7 Å². The number of fused-ring (bicyclic) bond motifs is 1. The van der Waals surface area contributed by atoms with Crippen LogP contribution in [0.5, 0.6) is 0 Å². The molecule has 0 saturated heterocycles. The number of para-hydroxylation sites is 1. The standard InChI is InChI=1S/C31H38N4O3/c1-31(17-25-16-22-9-5-6-10-27(22)34-25,29(36)33-18-26(32)21-7-3-2-4-8-21)35(30(37)38)28-23-12-19-11-20(14-23)15-24(28)13-19/h2-10,16,19-20,23-24,26,28,34H,11-15,17-18,32H2,1H3,(H,33,36)(H,37,38). The van der Waals surface area contributed by atoms with Crippen molar-refractivity contribution >= 4 is 22.9 Å². The van der Waals surface area contributed by atoms with Crippen molar-refractivity contribution in [3.63, 3.8) is 0 Å². The van der Waals surface area contributed by atoms with Gasteiger partial charge in [0, 0.05) is 36.3 Å². The molecule has 7 nitrogen and oxygen atoms in total. The topological polar surface area (TPSA) is 111 Å². The number of hydrogen-bond acceptors (Lipinski definition) is 3. The third-order valence-corrected chi connectivity index (χ3v) is 9.53. The Labute approximate surface area is 223 Å². The number of benzene rings is 2. The lowest BCUT2D eigenvalue weighted by Crippen LogP contribution is -2.68. The van der Waals surface area contributed by atoms with Gasteiger partial charge in [0.25, 0.3) is 0 Å². The molecule has 0 spiro atoms. The van der Waals surface area contributed by atoms with Crippen molar-refractivity contribution in [3.8, 4) is 0 Å². The second-order valence-electron chi connectivity index (χ2n) is 12.1. The van der Waals surface area contributed by atoms with E-state index in [1.54, 1.807) is 11.8 Å². The number of amides is 2. The summed E-state index contributed by atoms with van der Waals surface area (Å²) in [6.07, 6.45) is 4.84. The lowest BCUT2D eigenvalue weighted by Gasteiger charge is -2.59. The number of nitrogens with two attached hydrogens (primary N) is 1. The summed E-state index contributed by atoms with van der Waals surface area (Å²) in [4.78, 5) is 32.2. The minimum Gasteiger partial charge on any atom is -0.465 e. The first kappa shape index (κ1) is 25.0. The monoisotopic (exact) mass is 514 g/mol. The average Bonchev–Trinajstić information content (AvgIpc) is 3.30. The Hall–Kier alpha value is -3.32. The van der Waals surface area contributed by atoms with E-state index in [2.05, 4.69) is 10.3 Å². The summed E-state index contributed by atoms with van der Waals surface area (Å²) in [5, 5.41) is 14.8. The number of aromatic nitrogens is 1. The summed E-state index contributed by atoms with van der Waals surface area (Å²) >= 11 is 0. The molecule has 4 aliphatic rings. The second kappa shape index (κ2) is 9.77. The molecule has 2 atom stereocenters. The fourth-order valence-corrected chi connectivity index (χ4v) is 8.07. The molecule has 2 amide bonds. The highest BCUT2D eigenvalue weighted by molar-refractivity contribution is 5.90. The van der Waals surface area contributed by atoms with Gasteiger partial charge in [0.2, 0.25) is 5.91 Å². The van der Waals surface area contributed by atoms with Gasteiger partial charge in [0.15, 0.2) is 0 Å². The van der Waals surface area contributed by atoms with E-state index in [1.165, 1.54) is 6.42 Å². The molecule has 2 aromatic carbocycles. The molecule has 3 aromatic rings. The molecule has 4 saturated carbocycles. The van der Waals surface area contributed by atoms with E-state index in [0.717, 1.165) is 47.8 Å². The van der Waals surface area contributed by atoms with Crippen LogP contribution in [0.1, 0.15) is 56.3 Å². The third-order valence-electron chi connectivity index (χ3n) is 9.53. The van der Waals surface area contributed by atoms with Gasteiger partial charge in [0.05, 0.1) is 0 Å². The Bertz CT molecular complexity index is 1260. The van der Waals surface area contributed by atoms with Crippen LogP contribution >= 0.6 is 0 Å². The van der Waals surface area contributed by atoms with Gasteiger partial charge >= 0.3 is 6.09 Å². The molecular weight excluding hydrogens is 476 g/mol.